The van der Waals surface area contributed by atoms with E-state index >= 15 is 0 Å². The van der Waals surface area contributed by atoms with Gasteiger partial charge in [-0.3, -0.25) is 9.59 Å². The zero-order valence-corrected chi connectivity index (χ0v) is 18.8. The predicted molar refractivity (Wildman–Crippen MR) is 128 cm³/mol. The first-order chi connectivity index (χ1) is 16.6. The van der Waals surface area contributed by atoms with Crippen molar-refractivity contribution in [1.29, 1.82) is 0 Å². The van der Waals surface area contributed by atoms with Crippen LogP contribution in [0, 0.1) is 0 Å². The molecule has 7 heteroatoms. The fraction of sp³-hybridized carbons (Fsp3) is 0.259. The van der Waals surface area contributed by atoms with Crippen LogP contribution in [0.4, 0.5) is 5.69 Å². The maximum absolute atomic E-state index is 13.6. The lowest BCUT2D eigenvalue weighted by Gasteiger charge is -2.20. The maximum Gasteiger partial charge on any atom is 0.259 e. The summed E-state index contributed by atoms with van der Waals surface area (Å²) < 4.78 is 5.60. The predicted octanol–water partition coefficient (Wildman–Crippen LogP) is 5.14. The summed E-state index contributed by atoms with van der Waals surface area (Å²) >= 11 is 0. The number of carbonyl (C=O) groups excluding carboxylic acids is 2. The third-order valence-electron chi connectivity index (χ3n) is 6.63. The van der Waals surface area contributed by atoms with Gasteiger partial charge in [0.15, 0.2) is 0 Å². The largest absolute Gasteiger partial charge is 0.345 e. The minimum Gasteiger partial charge on any atom is -0.345 e. The van der Waals surface area contributed by atoms with E-state index in [4.69, 9.17) is 4.52 Å². The van der Waals surface area contributed by atoms with Crippen molar-refractivity contribution in [1.82, 2.24) is 15.5 Å². The molecule has 2 aliphatic rings. The van der Waals surface area contributed by atoms with Crippen molar-refractivity contribution < 1.29 is 14.1 Å². The Hall–Kier alpha value is -4.00. The van der Waals surface area contributed by atoms with Gasteiger partial charge in [-0.05, 0) is 49.4 Å². The molecule has 1 fully saturated rings. The summed E-state index contributed by atoms with van der Waals surface area (Å²) in [5.74, 6) is 0.223. The molecule has 0 saturated heterocycles. The van der Waals surface area contributed by atoms with E-state index in [0.717, 1.165) is 40.9 Å². The number of aryl methyl sites for hydroxylation is 1. The van der Waals surface area contributed by atoms with Crippen LogP contribution in [-0.4, -0.2) is 22.0 Å². The second-order valence-electron chi connectivity index (χ2n) is 9.11. The van der Waals surface area contributed by atoms with E-state index in [0.29, 0.717) is 41.1 Å². The number of aromatic nitrogens is 2. The topological polar surface area (TPSA) is 97.1 Å². The van der Waals surface area contributed by atoms with Gasteiger partial charge in [-0.2, -0.15) is 0 Å². The molecule has 0 bridgehead atoms. The van der Waals surface area contributed by atoms with Crippen LogP contribution >= 0.6 is 0 Å². The molecule has 6 rings (SSSR count). The summed E-state index contributed by atoms with van der Waals surface area (Å²) in [6.45, 7) is 1.97. The van der Waals surface area contributed by atoms with E-state index in [1.165, 1.54) is 0 Å². The molecule has 1 aliphatic heterocycles. The highest BCUT2D eigenvalue weighted by atomic mass is 16.5. The van der Waals surface area contributed by atoms with Gasteiger partial charge in [0.1, 0.15) is 5.69 Å². The van der Waals surface area contributed by atoms with Gasteiger partial charge in [0.25, 0.3) is 11.6 Å². The first-order valence-corrected chi connectivity index (χ1v) is 11.7. The number of benzene rings is 2. The van der Waals surface area contributed by atoms with E-state index in [9.17, 15) is 9.59 Å². The number of amides is 2. The molecule has 1 saturated carbocycles. The van der Waals surface area contributed by atoms with Crippen LogP contribution in [0.15, 0.2) is 59.1 Å². The van der Waals surface area contributed by atoms with E-state index in [-0.39, 0.29) is 17.9 Å². The Labute approximate surface area is 196 Å². The van der Waals surface area contributed by atoms with Crippen LogP contribution in [-0.2, 0) is 11.2 Å². The molecular weight excluding hydrogens is 428 g/mol. The number of fused-ring (bicyclic) bond motifs is 2. The number of hydrogen-bond acceptors (Lipinski definition) is 5. The second kappa shape index (κ2) is 8.09. The third kappa shape index (κ3) is 3.73. The van der Waals surface area contributed by atoms with Gasteiger partial charge in [0, 0.05) is 29.3 Å². The van der Waals surface area contributed by atoms with Gasteiger partial charge in [-0.25, -0.2) is 4.98 Å². The normalized spacial score (nSPS) is 16.1. The Morgan fingerprint density at radius 3 is 2.74 bits per heavy atom. The van der Waals surface area contributed by atoms with E-state index in [1.807, 2.05) is 55.5 Å². The molecule has 2 N–H and O–H groups in total. The Morgan fingerprint density at radius 2 is 1.94 bits per heavy atom. The summed E-state index contributed by atoms with van der Waals surface area (Å²) in [7, 11) is 0. The van der Waals surface area contributed by atoms with Crippen LogP contribution in [0.3, 0.4) is 0 Å². The highest BCUT2D eigenvalue weighted by molar-refractivity contribution is 6.09. The molecule has 1 atom stereocenters. The minimum atomic E-state index is -0.219. The first kappa shape index (κ1) is 20.6. The van der Waals surface area contributed by atoms with Crippen LogP contribution in [0.5, 0.6) is 0 Å². The van der Waals surface area contributed by atoms with E-state index < -0.39 is 0 Å². The summed E-state index contributed by atoms with van der Waals surface area (Å²) in [6, 6.07) is 17.3. The van der Waals surface area contributed by atoms with Gasteiger partial charge in [-0.1, -0.05) is 47.6 Å². The monoisotopic (exact) mass is 452 g/mol. The van der Waals surface area contributed by atoms with Crippen LogP contribution in [0.1, 0.15) is 65.3 Å². The molecule has 34 heavy (non-hydrogen) atoms. The zero-order valence-electron chi connectivity index (χ0n) is 18.8. The van der Waals surface area contributed by atoms with Gasteiger partial charge in [-0.15, -0.1) is 0 Å². The summed E-state index contributed by atoms with van der Waals surface area (Å²) in [5, 5.41) is 11.0. The van der Waals surface area contributed by atoms with Gasteiger partial charge < -0.3 is 15.2 Å². The fourth-order valence-corrected chi connectivity index (χ4v) is 4.56. The van der Waals surface area contributed by atoms with Crippen molar-refractivity contribution in [3.05, 3.63) is 77.0 Å². The quantitative estimate of drug-likeness (QED) is 0.437. The Bertz CT molecular complexity index is 1420. The number of hydrogen-bond donors (Lipinski definition) is 2. The number of pyridine rings is 1. The molecule has 1 unspecified atom stereocenters. The Kier molecular flexibility index (Phi) is 4.90. The molecule has 0 spiro atoms. The van der Waals surface area contributed by atoms with Gasteiger partial charge >= 0.3 is 0 Å². The minimum absolute atomic E-state index is 0.0396. The van der Waals surface area contributed by atoms with Crippen molar-refractivity contribution in [3.63, 3.8) is 0 Å². The highest BCUT2D eigenvalue weighted by Crippen LogP contribution is 2.41. The first-order valence-electron chi connectivity index (χ1n) is 11.7. The van der Waals surface area contributed by atoms with Gasteiger partial charge in [0.05, 0.1) is 17.0 Å². The van der Waals surface area contributed by atoms with Crippen LogP contribution in [0.2, 0.25) is 0 Å². The lowest BCUT2D eigenvalue weighted by molar-refractivity contribution is -0.116. The summed E-state index contributed by atoms with van der Waals surface area (Å²) in [4.78, 5) is 29.9. The van der Waals surface area contributed by atoms with Gasteiger partial charge in [0.2, 0.25) is 5.91 Å². The summed E-state index contributed by atoms with van der Waals surface area (Å²) in [5.41, 5.74) is 6.23. The fourth-order valence-electron chi connectivity index (χ4n) is 4.56. The molecule has 3 heterocycles. The van der Waals surface area contributed by atoms with E-state index in [2.05, 4.69) is 26.8 Å². The third-order valence-corrected chi connectivity index (χ3v) is 6.63. The van der Waals surface area contributed by atoms with Crippen molar-refractivity contribution in [2.75, 3.05) is 5.32 Å². The molecule has 0 radical (unpaired) electrons. The van der Waals surface area contributed by atoms with Crippen molar-refractivity contribution in [2.45, 2.75) is 44.6 Å². The van der Waals surface area contributed by atoms with E-state index in [1.54, 1.807) is 0 Å². The average molecular weight is 453 g/mol. The van der Waals surface area contributed by atoms with Crippen LogP contribution < -0.4 is 10.6 Å². The number of nitrogens with one attached hydrogen (secondary N) is 2. The molecule has 1 aliphatic carbocycles. The SMILES string of the molecule is CC(NC(=O)c1cc(C2CC2)nc2onc(-c3ccccc3)c12)c1ccc2c(c1)CCC(=O)N2. The molecule has 7 nitrogen and oxygen atoms in total. The van der Waals surface area contributed by atoms with Crippen molar-refractivity contribution in [3.8, 4) is 11.3 Å². The van der Waals surface area contributed by atoms with Crippen molar-refractivity contribution in [2.24, 2.45) is 0 Å². The number of nitrogens with zero attached hydrogens (tertiary/aromatic N) is 2. The molecule has 170 valence electrons. The molecule has 2 aromatic heterocycles. The Morgan fingerprint density at radius 1 is 1.12 bits per heavy atom. The number of rotatable bonds is 5. The number of anilines is 1. The summed E-state index contributed by atoms with van der Waals surface area (Å²) in [6.07, 6.45) is 3.32. The smallest absolute Gasteiger partial charge is 0.259 e. The average Bonchev–Trinajstić information content (AvgIpc) is 3.62. The number of carbonyl (C=O) groups is 2. The molecule has 2 aromatic carbocycles. The van der Waals surface area contributed by atoms with Crippen LogP contribution in [0.25, 0.3) is 22.4 Å². The lowest BCUT2D eigenvalue weighted by Crippen LogP contribution is -2.27. The zero-order chi connectivity index (χ0) is 23.2. The lowest BCUT2D eigenvalue weighted by atomic mass is 9.97. The maximum atomic E-state index is 13.6. The molecular formula is C27H24N4O3. The standard InChI is InChI=1S/C27H24N4O3/c1-15(18-9-11-21-19(13-18)10-12-23(32)29-21)28-26(33)20-14-22(16-7-8-16)30-27-24(20)25(31-34-27)17-5-3-2-4-6-17/h2-6,9,11,13-16H,7-8,10,12H2,1H3,(H,28,33)(H,29,32). The van der Waals surface area contributed by atoms with Crippen molar-refractivity contribution >= 4 is 28.6 Å². The molecule has 2 amide bonds. The molecule has 4 aromatic rings. The second-order valence-corrected chi connectivity index (χ2v) is 9.11. The Balaban J connectivity index is 1.35. The highest BCUT2D eigenvalue weighted by Gasteiger charge is 2.30.